The number of carbonyl (C=O) groups excluding carboxylic acids is 1. The van der Waals surface area contributed by atoms with Crippen LogP contribution in [0.4, 0.5) is 0 Å². The van der Waals surface area contributed by atoms with E-state index in [0.717, 1.165) is 27.2 Å². The van der Waals surface area contributed by atoms with Crippen molar-refractivity contribution in [2.45, 2.75) is 17.9 Å². The van der Waals surface area contributed by atoms with Gasteiger partial charge in [0.15, 0.2) is 0 Å². The molecule has 4 rings (SSSR count). The van der Waals surface area contributed by atoms with Gasteiger partial charge in [-0.3, -0.25) is 4.79 Å². The topological polar surface area (TPSA) is 73.5 Å². The molecule has 6 nitrogen and oxygen atoms in total. The van der Waals surface area contributed by atoms with Crippen LogP contribution in [0.5, 0.6) is 0 Å². The number of aromatic nitrogens is 1. The van der Waals surface area contributed by atoms with Crippen molar-refractivity contribution >= 4 is 26.8 Å². The highest BCUT2D eigenvalue weighted by atomic mass is 32.2. The molecule has 140 valence electrons. The number of sulfonamides is 1. The van der Waals surface area contributed by atoms with Crippen LogP contribution >= 0.6 is 0 Å². The van der Waals surface area contributed by atoms with Crippen molar-refractivity contribution in [3.8, 4) is 0 Å². The average molecular weight is 383 g/mol. The van der Waals surface area contributed by atoms with Crippen molar-refractivity contribution in [1.29, 1.82) is 0 Å². The third kappa shape index (κ3) is 3.02. The Kier molecular flexibility index (Phi) is 4.28. The van der Waals surface area contributed by atoms with Crippen LogP contribution in [-0.4, -0.2) is 49.2 Å². The summed E-state index contributed by atoms with van der Waals surface area (Å²) in [5, 5.41) is 1.15. The van der Waals surface area contributed by atoms with Gasteiger partial charge in [0.2, 0.25) is 10.0 Å². The van der Waals surface area contributed by atoms with E-state index in [1.165, 1.54) is 31.9 Å². The molecule has 1 aliphatic rings. The predicted octanol–water partition coefficient (Wildman–Crippen LogP) is 2.62. The van der Waals surface area contributed by atoms with Crippen LogP contribution in [0.1, 0.15) is 21.6 Å². The number of amides is 1. The SMILES string of the molecule is CN(C)S(=O)(=O)c1ccc(C(=O)N2CCc3[nH]c4ccccc4c3C2)cc1. The molecule has 0 bridgehead atoms. The zero-order chi connectivity index (χ0) is 19.2. The number of nitrogens with zero attached hydrogens (tertiary/aromatic N) is 2. The highest BCUT2D eigenvalue weighted by Gasteiger charge is 2.25. The fraction of sp³-hybridized carbons (Fsp3) is 0.250. The van der Waals surface area contributed by atoms with Gasteiger partial charge >= 0.3 is 0 Å². The first-order chi connectivity index (χ1) is 12.9. The Bertz CT molecular complexity index is 1120. The summed E-state index contributed by atoms with van der Waals surface area (Å²) in [6.45, 7) is 1.19. The van der Waals surface area contributed by atoms with E-state index < -0.39 is 10.0 Å². The van der Waals surface area contributed by atoms with Gasteiger partial charge in [0.1, 0.15) is 0 Å². The molecule has 0 radical (unpaired) electrons. The van der Waals surface area contributed by atoms with Gasteiger partial charge in [-0.25, -0.2) is 12.7 Å². The summed E-state index contributed by atoms with van der Waals surface area (Å²) in [5.74, 6) is -0.0836. The summed E-state index contributed by atoms with van der Waals surface area (Å²) < 4.78 is 25.5. The molecule has 27 heavy (non-hydrogen) atoms. The van der Waals surface area contributed by atoms with E-state index in [2.05, 4.69) is 11.1 Å². The van der Waals surface area contributed by atoms with E-state index in [9.17, 15) is 13.2 Å². The minimum absolute atomic E-state index is 0.0836. The molecule has 0 aliphatic carbocycles. The molecule has 7 heteroatoms. The molecule has 0 saturated carbocycles. The van der Waals surface area contributed by atoms with Gasteiger partial charge in [-0.2, -0.15) is 0 Å². The van der Waals surface area contributed by atoms with E-state index in [-0.39, 0.29) is 10.8 Å². The number of carbonyl (C=O) groups is 1. The monoisotopic (exact) mass is 383 g/mol. The van der Waals surface area contributed by atoms with Crippen LogP contribution in [0.2, 0.25) is 0 Å². The Morgan fingerprint density at radius 3 is 2.48 bits per heavy atom. The second kappa shape index (κ2) is 6.51. The Labute approximate surface area is 158 Å². The van der Waals surface area contributed by atoms with Crippen molar-refractivity contribution in [3.63, 3.8) is 0 Å². The van der Waals surface area contributed by atoms with Gasteiger partial charge in [0.05, 0.1) is 4.90 Å². The Balaban J connectivity index is 1.59. The summed E-state index contributed by atoms with van der Waals surface area (Å²) in [7, 11) is -0.523. The minimum atomic E-state index is -3.50. The third-order valence-corrected chi connectivity index (χ3v) is 6.88. The maximum absolute atomic E-state index is 12.9. The van der Waals surface area contributed by atoms with Crippen molar-refractivity contribution in [2.75, 3.05) is 20.6 Å². The summed E-state index contributed by atoms with van der Waals surface area (Å²) in [4.78, 5) is 18.4. The number of fused-ring (bicyclic) bond motifs is 3. The van der Waals surface area contributed by atoms with Crippen molar-refractivity contribution in [3.05, 3.63) is 65.4 Å². The normalized spacial score (nSPS) is 14.6. The van der Waals surface area contributed by atoms with Gasteiger partial charge < -0.3 is 9.88 Å². The van der Waals surface area contributed by atoms with Gasteiger partial charge in [0.25, 0.3) is 5.91 Å². The first-order valence-corrected chi connectivity index (χ1v) is 10.2. The second-order valence-electron chi connectivity index (χ2n) is 6.92. The van der Waals surface area contributed by atoms with Crippen molar-refractivity contribution < 1.29 is 13.2 Å². The number of aromatic amines is 1. The first-order valence-electron chi connectivity index (χ1n) is 8.78. The number of hydrogen-bond acceptors (Lipinski definition) is 3. The number of hydrogen-bond donors (Lipinski definition) is 1. The molecule has 0 spiro atoms. The molecule has 0 saturated heterocycles. The number of H-pyrrole nitrogens is 1. The standard InChI is InChI=1S/C20H21N3O3S/c1-22(2)27(25,26)15-9-7-14(8-10-15)20(24)23-12-11-19-17(13-23)16-5-3-4-6-18(16)21-19/h3-10,21H,11-13H2,1-2H3. The summed E-state index contributed by atoms with van der Waals surface area (Å²) >= 11 is 0. The highest BCUT2D eigenvalue weighted by Crippen LogP contribution is 2.28. The van der Waals surface area contributed by atoms with Crippen LogP contribution in [-0.2, 0) is 23.0 Å². The molecule has 1 aliphatic heterocycles. The van der Waals surface area contributed by atoms with Crippen LogP contribution in [0.3, 0.4) is 0 Å². The molecule has 0 fully saturated rings. The largest absolute Gasteiger partial charge is 0.358 e. The fourth-order valence-corrected chi connectivity index (χ4v) is 4.40. The molecule has 0 unspecified atom stereocenters. The van der Waals surface area contributed by atoms with Crippen LogP contribution < -0.4 is 0 Å². The lowest BCUT2D eigenvalue weighted by atomic mass is 10.0. The Hall–Kier alpha value is -2.64. The lowest BCUT2D eigenvalue weighted by Crippen LogP contribution is -2.35. The van der Waals surface area contributed by atoms with Crippen LogP contribution in [0.15, 0.2) is 53.4 Å². The van der Waals surface area contributed by atoms with Crippen molar-refractivity contribution in [2.24, 2.45) is 0 Å². The lowest BCUT2D eigenvalue weighted by Gasteiger charge is -2.27. The zero-order valence-corrected chi connectivity index (χ0v) is 16.1. The van der Waals surface area contributed by atoms with Gasteiger partial charge in [0, 0.05) is 61.3 Å². The summed E-state index contributed by atoms with van der Waals surface area (Å²) in [5.41, 5.74) is 3.94. The van der Waals surface area contributed by atoms with Crippen molar-refractivity contribution in [1.82, 2.24) is 14.2 Å². The maximum Gasteiger partial charge on any atom is 0.254 e. The maximum atomic E-state index is 12.9. The zero-order valence-electron chi connectivity index (χ0n) is 15.3. The fourth-order valence-electron chi connectivity index (χ4n) is 3.50. The molecule has 0 atom stereocenters. The molecule has 3 aromatic rings. The summed E-state index contributed by atoms with van der Waals surface area (Å²) in [6.07, 6.45) is 0.781. The molecule has 1 amide bonds. The van der Waals surface area contributed by atoms with Gasteiger partial charge in [-0.1, -0.05) is 18.2 Å². The van der Waals surface area contributed by atoms with E-state index >= 15 is 0 Å². The average Bonchev–Trinajstić information content (AvgIpc) is 3.05. The summed E-state index contributed by atoms with van der Waals surface area (Å²) in [6, 6.07) is 14.3. The number of nitrogens with one attached hydrogen (secondary N) is 1. The first kappa shape index (κ1) is 17.8. The van der Waals surface area contributed by atoms with Crippen LogP contribution in [0.25, 0.3) is 10.9 Å². The van der Waals surface area contributed by atoms with Crippen LogP contribution in [0, 0.1) is 0 Å². The number of benzene rings is 2. The smallest absolute Gasteiger partial charge is 0.254 e. The third-order valence-electron chi connectivity index (χ3n) is 5.05. The van der Waals surface area contributed by atoms with Gasteiger partial charge in [-0.05, 0) is 30.3 Å². The minimum Gasteiger partial charge on any atom is -0.358 e. The van der Waals surface area contributed by atoms with E-state index in [1.807, 2.05) is 23.1 Å². The molecule has 1 aromatic heterocycles. The molecule has 2 aromatic carbocycles. The quantitative estimate of drug-likeness (QED) is 0.756. The number of para-hydroxylation sites is 1. The highest BCUT2D eigenvalue weighted by molar-refractivity contribution is 7.89. The van der Waals surface area contributed by atoms with E-state index in [4.69, 9.17) is 0 Å². The Morgan fingerprint density at radius 2 is 1.78 bits per heavy atom. The number of rotatable bonds is 3. The van der Waals surface area contributed by atoms with E-state index in [0.29, 0.717) is 18.7 Å². The molecule has 1 N–H and O–H groups in total. The second-order valence-corrected chi connectivity index (χ2v) is 9.07. The van der Waals surface area contributed by atoms with Gasteiger partial charge in [-0.15, -0.1) is 0 Å². The molecular formula is C20H21N3O3S. The molecule has 2 heterocycles. The predicted molar refractivity (Wildman–Crippen MR) is 104 cm³/mol. The Morgan fingerprint density at radius 1 is 1.07 bits per heavy atom. The lowest BCUT2D eigenvalue weighted by molar-refractivity contribution is 0.0735. The van der Waals surface area contributed by atoms with E-state index in [1.54, 1.807) is 12.1 Å². The molecular weight excluding hydrogens is 362 g/mol.